The molecular weight excluding hydrogens is 348 g/mol. The molecule has 0 amide bonds. The van der Waals surface area contributed by atoms with E-state index in [0.29, 0.717) is 19.5 Å². The lowest BCUT2D eigenvalue weighted by Gasteiger charge is -2.25. The first-order chi connectivity index (χ1) is 12.5. The summed E-state index contributed by atoms with van der Waals surface area (Å²) in [5, 5.41) is 0. The molecule has 2 aromatic heterocycles. The first-order valence-corrected chi connectivity index (χ1v) is 10.7. The van der Waals surface area contributed by atoms with Crippen molar-refractivity contribution in [3.05, 3.63) is 54.1 Å². The minimum atomic E-state index is -3.18. The predicted octanol–water partition coefficient (Wildman–Crippen LogP) is 2.18. The molecule has 1 saturated heterocycles. The molecule has 1 fully saturated rings. The Kier molecular flexibility index (Phi) is 4.44. The fourth-order valence-corrected chi connectivity index (χ4v) is 5.81. The molecule has 0 aromatic carbocycles. The van der Waals surface area contributed by atoms with E-state index in [1.165, 1.54) is 0 Å². The lowest BCUT2D eigenvalue weighted by molar-refractivity contribution is 0.424. The van der Waals surface area contributed by atoms with Crippen molar-refractivity contribution in [2.24, 2.45) is 0 Å². The van der Waals surface area contributed by atoms with Gasteiger partial charge in [-0.1, -0.05) is 13.0 Å². The number of hydrogen-bond acceptors (Lipinski definition) is 5. The van der Waals surface area contributed by atoms with Gasteiger partial charge in [0.2, 0.25) is 10.0 Å². The Morgan fingerprint density at radius 2 is 2.04 bits per heavy atom. The molecule has 7 heteroatoms. The summed E-state index contributed by atoms with van der Waals surface area (Å²) in [6, 6.07) is 8.06. The highest BCUT2D eigenvalue weighted by Crippen LogP contribution is 2.46. The van der Waals surface area contributed by atoms with Gasteiger partial charge in [0.05, 0.1) is 17.1 Å². The van der Waals surface area contributed by atoms with Crippen LogP contribution < -0.4 is 4.90 Å². The maximum Gasteiger partial charge on any atom is 0.214 e. The number of hydrogen-bond donors (Lipinski definition) is 0. The summed E-state index contributed by atoms with van der Waals surface area (Å²) >= 11 is 0. The van der Waals surface area contributed by atoms with Crippen LogP contribution in [0.1, 0.15) is 31.0 Å². The number of anilines is 1. The average molecular weight is 372 g/mol. The zero-order valence-electron chi connectivity index (χ0n) is 15.0. The quantitative estimate of drug-likeness (QED) is 0.805. The predicted molar refractivity (Wildman–Crippen MR) is 101 cm³/mol. The van der Waals surface area contributed by atoms with E-state index in [2.05, 4.69) is 27.0 Å². The highest BCUT2D eigenvalue weighted by Gasteiger charge is 2.50. The van der Waals surface area contributed by atoms with Crippen LogP contribution in [0.4, 0.5) is 5.69 Å². The fraction of sp³-hybridized carbons (Fsp3) is 0.474. The van der Waals surface area contributed by atoms with Crippen molar-refractivity contribution in [2.45, 2.75) is 31.7 Å². The molecule has 0 radical (unpaired) electrons. The molecule has 2 aliphatic rings. The van der Waals surface area contributed by atoms with Crippen LogP contribution in [0, 0.1) is 0 Å². The summed E-state index contributed by atoms with van der Waals surface area (Å²) < 4.78 is 26.8. The van der Waals surface area contributed by atoms with Crippen molar-refractivity contribution in [1.82, 2.24) is 14.3 Å². The third-order valence-corrected chi connectivity index (χ3v) is 7.42. The van der Waals surface area contributed by atoms with Crippen molar-refractivity contribution in [1.29, 1.82) is 0 Å². The number of pyridine rings is 2. The van der Waals surface area contributed by atoms with E-state index in [1.54, 1.807) is 10.5 Å². The van der Waals surface area contributed by atoms with E-state index in [9.17, 15) is 8.42 Å². The second kappa shape index (κ2) is 6.63. The van der Waals surface area contributed by atoms with E-state index in [4.69, 9.17) is 0 Å². The normalized spacial score (nSPS) is 22.9. The Balaban J connectivity index is 1.63. The van der Waals surface area contributed by atoms with Crippen molar-refractivity contribution in [2.75, 3.05) is 30.3 Å². The Morgan fingerprint density at radius 1 is 1.19 bits per heavy atom. The number of sulfonamides is 1. The number of aromatic nitrogens is 2. The van der Waals surface area contributed by atoms with Gasteiger partial charge in [-0.05, 0) is 36.6 Å². The zero-order chi connectivity index (χ0) is 18.2. The van der Waals surface area contributed by atoms with Crippen LogP contribution in [-0.4, -0.2) is 48.1 Å². The third kappa shape index (κ3) is 2.99. The number of rotatable bonds is 5. The van der Waals surface area contributed by atoms with Crippen LogP contribution in [0.25, 0.3) is 0 Å². The van der Waals surface area contributed by atoms with Crippen LogP contribution in [0.5, 0.6) is 0 Å². The van der Waals surface area contributed by atoms with E-state index < -0.39 is 10.0 Å². The van der Waals surface area contributed by atoms with Gasteiger partial charge in [0.15, 0.2) is 0 Å². The maximum atomic E-state index is 12.5. The Hall–Kier alpha value is -1.99. The monoisotopic (exact) mass is 372 g/mol. The zero-order valence-corrected chi connectivity index (χ0v) is 15.8. The smallest absolute Gasteiger partial charge is 0.214 e. The number of fused-ring (bicyclic) bond motifs is 2. The van der Waals surface area contributed by atoms with Gasteiger partial charge >= 0.3 is 0 Å². The molecule has 6 nitrogen and oxygen atoms in total. The van der Waals surface area contributed by atoms with Crippen LogP contribution >= 0.6 is 0 Å². The summed E-state index contributed by atoms with van der Waals surface area (Å²) in [5.74, 6) is 0.220. The Morgan fingerprint density at radius 3 is 2.81 bits per heavy atom. The van der Waals surface area contributed by atoms with E-state index in [1.807, 2.05) is 31.5 Å². The maximum absolute atomic E-state index is 12.5. The van der Waals surface area contributed by atoms with Gasteiger partial charge in [0.25, 0.3) is 0 Å². The van der Waals surface area contributed by atoms with Crippen LogP contribution in [0.15, 0.2) is 42.9 Å². The highest BCUT2D eigenvalue weighted by atomic mass is 32.2. The molecule has 0 saturated carbocycles. The summed E-state index contributed by atoms with van der Waals surface area (Å²) in [6.07, 6.45) is 6.94. The molecule has 0 unspecified atom stereocenters. The Labute approximate surface area is 154 Å². The Bertz CT molecular complexity index is 887. The van der Waals surface area contributed by atoms with Gasteiger partial charge < -0.3 is 4.90 Å². The van der Waals surface area contributed by atoms with Crippen LogP contribution in [-0.2, 0) is 22.0 Å². The topological polar surface area (TPSA) is 66.4 Å². The van der Waals surface area contributed by atoms with Gasteiger partial charge in [-0.15, -0.1) is 0 Å². The fourth-order valence-electron chi connectivity index (χ4n) is 4.22. The van der Waals surface area contributed by atoms with Crippen molar-refractivity contribution >= 4 is 15.7 Å². The standard InChI is InChI=1S/C19H24N4O2S/c1-2-11-26(24,25)23-10-7-19(15-23)14-22(13-16-5-3-8-20-12-16)17-6-4-9-21-18(17)19/h3-6,8-9,12H,2,7,10-11,13-15H2,1H3/t19-/m0/s1. The summed E-state index contributed by atoms with van der Waals surface area (Å²) in [5.41, 5.74) is 3.09. The summed E-state index contributed by atoms with van der Waals surface area (Å²) in [6.45, 7) is 4.58. The summed E-state index contributed by atoms with van der Waals surface area (Å²) in [7, 11) is -3.18. The summed E-state index contributed by atoms with van der Waals surface area (Å²) in [4.78, 5) is 11.2. The van der Waals surface area contributed by atoms with Gasteiger partial charge in [-0.25, -0.2) is 12.7 Å². The van der Waals surface area contributed by atoms with E-state index in [-0.39, 0.29) is 11.2 Å². The second-order valence-electron chi connectivity index (χ2n) is 7.27. The molecule has 0 aliphatic carbocycles. The molecule has 138 valence electrons. The molecule has 4 heterocycles. The average Bonchev–Trinajstić information content (AvgIpc) is 3.20. The van der Waals surface area contributed by atoms with E-state index in [0.717, 1.165) is 36.5 Å². The van der Waals surface area contributed by atoms with Crippen molar-refractivity contribution < 1.29 is 8.42 Å². The molecule has 1 spiro atoms. The van der Waals surface area contributed by atoms with E-state index >= 15 is 0 Å². The van der Waals surface area contributed by atoms with Crippen LogP contribution in [0.2, 0.25) is 0 Å². The number of nitrogens with zero attached hydrogens (tertiary/aromatic N) is 4. The molecule has 0 bridgehead atoms. The highest BCUT2D eigenvalue weighted by molar-refractivity contribution is 7.89. The minimum absolute atomic E-state index is 0.209. The minimum Gasteiger partial charge on any atom is -0.365 e. The SMILES string of the molecule is CCCS(=O)(=O)N1CC[C@]2(CN(Cc3cccnc3)c3cccnc32)C1. The molecule has 4 rings (SSSR count). The van der Waals surface area contributed by atoms with Gasteiger partial charge in [-0.3, -0.25) is 9.97 Å². The van der Waals surface area contributed by atoms with Crippen molar-refractivity contribution in [3.8, 4) is 0 Å². The molecular formula is C19H24N4O2S. The lowest BCUT2D eigenvalue weighted by atomic mass is 9.85. The van der Waals surface area contributed by atoms with Gasteiger partial charge in [0, 0.05) is 50.2 Å². The van der Waals surface area contributed by atoms with Crippen molar-refractivity contribution in [3.63, 3.8) is 0 Å². The molecule has 0 N–H and O–H groups in total. The van der Waals surface area contributed by atoms with Crippen LogP contribution in [0.3, 0.4) is 0 Å². The first-order valence-electron chi connectivity index (χ1n) is 9.11. The first kappa shape index (κ1) is 17.4. The third-order valence-electron chi connectivity index (χ3n) is 5.39. The van der Waals surface area contributed by atoms with Gasteiger partial charge in [0.1, 0.15) is 0 Å². The second-order valence-corrected chi connectivity index (χ2v) is 9.36. The molecule has 26 heavy (non-hydrogen) atoms. The largest absolute Gasteiger partial charge is 0.365 e. The molecule has 2 aromatic rings. The molecule has 2 aliphatic heterocycles. The van der Waals surface area contributed by atoms with Gasteiger partial charge in [-0.2, -0.15) is 0 Å². The molecule has 1 atom stereocenters. The lowest BCUT2D eigenvalue weighted by Crippen LogP contribution is -2.39.